The summed E-state index contributed by atoms with van der Waals surface area (Å²) in [5.74, 6) is 0.587. The lowest BCUT2D eigenvalue weighted by Gasteiger charge is -2.33. The molecule has 3 nitrogen and oxygen atoms in total. The molecule has 1 aromatic rings. The molecule has 2 N–H and O–H groups in total. The number of ether oxygens (including phenoxy) is 1. The molecule has 92 valence electrons. The minimum absolute atomic E-state index is 0.309. The standard InChI is InChI=1S/C14H20N2O/c1-10-6-16(7-13(10)15)14-9-17-8-11-4-2-3-5-12(11)14/h2-5,10,13-14H,6-9,15H2,1H3. The van der Waals surface area contributed by atoms with E-state index in [1.54, 1.807) is 0 Å². The lowest BCUT2D eigenvalue weighted by Crippen LogP contribution is -2.35. The average Bonchev–Trinajstić information content (AvgIpc) is 2.69. The van der Waals surface area contributed by atoms with Gasteiger partial charge >= 0.3 is 0 Å². The second-order valence-electron chi connectivity index (χ2n) is 5.32. The number of hydrogen-bond donors (Lipinski definition) is 1. The fourth-order valence-corrected chi connectivity index (χ4v) is 2.95. The highest BCUT2D eigenvalue weighted by molar-refractivity contribution is 5.31. The second-order valence-corrected chi connectivity index (χ2v) is 5.32. The van der Waals surface area contributed by atoms with Crippen molar-refractivity contribution in [1.29, 1.82) is 0 Å². The van der Waals surface area contributed by atoms with Crippen LogP contribution in [-0.4, -0.2) is 30.6 Å². The average molecular weight is 232 g/mol. The Morgan fingerprint density at radius 2 is 2.12 bits per heavy atom. The zero-order valence-corrected chi connectivity index (χ0v) is 10.3. The highest BCUT2D eigenvalue weighted by Crippen LogP contribution is 2.32. The molecule has 3 rings (SSSR count). The van der Waals surface area contributed by atoms with Gasteiger partial charge in [0.2, 0.25) is 0 Å². The van der Waals surface area contributed by atoms with Crippen LogP contribution in [0, 0.1) is 5.92 Å². The number of nitrogens with zero attached hydrogens (tertiary/aromatic N) is 1. The Bertz CT molecular complexity index is 397. The topological polar surface area (TPSA) is 38.5 Å². The molecule has 0 spiro atoms. The maximum atomic E-state index is 6.11. The molecule has 3 atom stereocenters. The van der Waals surface area contributed by atoms with Crippen LogP contribution in [0.1, 0.15) is 24.1 Å². The number of rotatable bonds is 1. The van der Waals surface area contributed by atoms with Gasteiger partial charge in [-0.05, 0) is 17.0 Å². The van der Waals surface area contributed by atoms with E-state index in [2.05, 4.69) is 36.1 Å². The van der Waals surface area contributed by atoms with Crippen molar-refractivity contribution in [3.05, 3.63) is 35.4 Å². The number of fused-ring (bicyclic) bond motifs is 1. The highest BCUT2D eigenvalue weighted by Gasteiger charge is 2.34. The van der Waals surface area contributed by atoms with Crippen LogP contribution >= 0.6 is 0 Å². The summed E-state index contributed by atoms with van der Waals surface area (Å²) < 4.78 is 5.71. The number of nitrogens with two attached hydrogens (primary N) is 1. The summed E-state index contributed by atoms with van der Waals surface area (Å²) >= 11 is 0. The molecule has 0 amide bonds. The first-order chi connectivity index (χ1) is 8.25. The lowest BCUT2D eigenvalue weighted by atomic mass is 9.98. The summed E-state index contributed by atoms with van der Waals surface area (Å²) in [6, 6.07) is 9.32. The Labute approximate surface area is 103 Å². The van der Waals surface area contributed by atoms with Gasteiger partial charge in [-0.3, -0.25) is 4.90 Å². The molecule has 0 bridgehead atoms. The predicted octanol–water partition coefficient (Wildman–Crippen LogP) is 1.54. The summed E-state index contributed by atoms with van der Waals surface area (Å²) in [7, 11) is 0. The van der Waals surface area contributed by atoms with Crippen LogP contribution in [0.25, 0.3) is 0 Å². The minimum Gasteiger partial charge on any atom is -0.375 e. The Morgan fingerprint density at radius 1 is 1.29 bits per heavy atom. The quantitative estimate of drug-likeness (QED) is 0.798. The Hall–Kier alpha value is -0.900. The first kappa shape index (κ1) is 11.2. The van der Waals surface area contributed by atoms with Gasteiger partial charge in [-0.2, -0.15) is 0 Å². The van der Waals surface area contributed by atoms with Gasteiger partial charge in [-0.15, -0.1) is 0 Å². The summed E-state index contributed by atoms with van der Waals surface area (Å²) in [5.41, 5.74) is 8.87. The van der Waals surface area contributed by atoms with Crippen molar-refractivity contribution in [3.8, 4) is 0 Å². The molecule has 17 heavy (non-hydrogen) atoms. The van der Waals surface area contributed by atoms with Gasteiger partial charge in [-0.25, -0.2) is 0 Å². The van der Waals surface area contributed by atoms with Gasteiger partial charge in [-0.1, -0.05) is 31.2 Å². The molecule has 0 aliphatic carbocycles. The van der Waals surface area contributed by atoms with Gasteiger partial charge in [0, 0.05) is 19.1 Å². The van der Waals surface area contributed by atoms with Crippen molar-refractivity contribution >= 4 is 0 Å². The molecule has 2 aliphatic rings. The Kier molecular flexibility index (Phi) is 2.90. The maximum Gasteiger partial charge on any atom is 0.0721 e. The van der Waals surface area contributed by atoms with Crippen LogP contribution in [0.2, 0.25) is 0 Å². The molecule has 1 fully saturated rings. The van der Waals surface area contributed by atoms with Crippen LogP contribution in [-0.2, 0) is 11.3 Å². The molecular weight excluding hydrogens is 212 g/mol. The van der Waals surface area contributed by atoms with E-state index in [0.29, 0.717) is 18.0 Å². The number of likely N-dealkylation sites (tertiary alicyclic amines) is 1. The van der Waals surface area contributed by atoms with Crippen molar-refractivity contribution < 1.29 is 4.74 Å². The van der Waals surface area contributed by atoms with Crippen molar-refractivity contribution in [2.24, 2.45) is 11.7 Å². The number of benzene rings is 1. The van der Waals surface area contributed by atoms with E-state index in [1.807, 2.05) is 0 Å². The first-order valence-electron chi connectivity index (χ1n) is 6.41. The fraction of sp³-hybridized carbons (Fsp3) is 0.571. The van der Waals surface area contributed by atoms with Gasteiger partial charge in [0.05, 0.1) is 19.3 Å². The highest BCUT2D eigenvalue weighted by atomic mass is 16.5. The summed E-state index contributed by atoms with van der Waals surface area (Å²) in [6.07, 6.45) is 0. The largest absolute Gasteiger partial charge is 0.375 e. The molecule has 0 radical (unpaired) electrons. The fourth-order valence-electron chi connectivity index (χ4n) is 2.95. The third kappa shape index (κ3) is 1.99. The van der Waals surface area contributed by atoms with Gasteiger partial charge in [0.25, 0.3) is 0 Å². The molecule has 0 saturated carbocycles. The molecule has 1 saturated heterocycles. The first-order valence-corrected chi connectivity index (χ1v) is 6.41. The minimum atomic E-state index is 0.309. The SMILES string of the molecule is CC1CN(C2COCc3ccccc32)CC1N. The molecular formula is C14H20N2O. The summed E-state index contributed by atoms with van der Waals surface area (Å²) in [6.45, 7) is 5.87. The van der Waals surface area contributed by atoms with Gasteiger partial charge in [0.1, 0.15) is 0 Å². The summed E-state index contributed by atoms with van der Waals surface area (Å²) in [4.78, 5) is 2.48. The molecule has 1 aromatic carbocycles. The Morgan fingerprint density at radius 3 is 2.88 bits per heavy atom. The van der Waals surface area contributed by atoms with Gasteiger partial charge in [0.15, 0.2) is 0 Å². The van der Waals surface area contributed by atoms with Gasteiger partial charge < -0.3 is 10.5 Å². The van der Waals surface area contributed by atoms with Crippen molar-refractivity contribution in [1.82, 2.24) is 4.90 Å². The van der Waals surface area contributed by atoms with E-state index in [1.165, 1.54) is 11.1 Å². The van der Waals surface area contributed by atoms with Crippen LogP contribution in [0.5, 0.6) is 0 Å². The molecule has 3 unspecified atom stereocenters. The smallest absolute Gasteiger partial charge is 0.0721 e. The van der Waals surface area contributed by atoms with E-state index in [-0.39, 0.29) is 0 Å². The van der Waals surface area contributed by atoms with E-state index >= 15 is 0 Å². The Balaban J connectivity index is 1.86. The maximum absolute atomic E-state index is 6.11. The van der Waals surface area contributed by atoms with Crippen LogP contribution in [0.15, 0.2) is 24.3 Å². The van der Waals surface area contributed by atoms with E-state index in [0.717, 1.165) is 26.3 Å². The van der Waals surface area contributed by atoms with Crippen molar-refractivity contribution in [3.63, 3.8) is 0 Å². The molecule has 2 aliphatic heterocycles. The lowest BCUT2D eigenvalue weighted by molar-refractivity contribution is 0.0399. The molecule has 3 heteroatoms. The van der Waals surface area contributed by atoms with E-state index < -0.39 is 0 Å². The monoisotopic (exact) mass is 232 g/mol. The van der Waals surface area contributed by atoms with Crippen LogP contribution in [0.3, 0.4) is 0 Å². The van der Waals surface area contributed by atoms with Crippen molar-refractivity contribution in [2.75, 3.05) is 19.7 Å². The third-order valence-corrected chi connectivity index (χ3v) is 4.09. The third-order valence-electron chi connectivity index (χ3n) is 4.09. The van der Waals surface area contributed by atoms with E-state index in [9.17, 15) is 0 Å². The van der Waals surface area contributed by atoms with Crippen LogP contribution in [0.4, 0.5) is 0 Å². The normalized spacial score (nSPS) is 33.6. The van der Waals surface area contributed by atoms with Crippen LogP contribution < -0.4 is 5.73 Å². The van der Waals surface area contributed by atoms with Crippen molar-refractivity contribution in [2.45, 2.75) is 25.6 Å². The summed E-state index contributed by atoms with van der Waals surface area (Å²) in [5, 5.41) is 0. The number of hydrogen-bond acceptors (Lipinski definition) is 3. The zero-order chi connectivity index (χ0) is 11.8. The predicted molar refractivity (Wildman–Crippen MR) is 67.6 cm³/mol. The zero-order valence-electron chi connectivity index (χ0n) is 10.3. The van der Waals surface area contributed by atoms with E-state index in [4.69, 9.17) is 10.5 Å². The second kappa shape index (κ2) is 4.41. The molecule has 2 heterocycles. The molecule has 0 aromatic heterocycles.